The third-order valence-electron chi connectivity index (χ3n) is 7.90. The largest absolute Gasteiger partial charge is 0.467 e. The molecule has 4 unspecified atom stereocenters. The highest BCUT2D eigenvalue weighted by Crippen LogP contribution is 2.29. The zero-order chi connectivity index (χ0) is 30.2. The highest BCUT2D eigenvalue weighted by Gasteiger charge is 2.44. The number of esters is 1. The summed E-state index contributed by atoms with van der Waals surface area (Å²) >= 11 is 0. The van der Waals surface area contributed by atoms with Gasteiger partial charge in [-0.1, -0.05) is 76.3 Å². The zero-order valence-electron chi connectivity index (χ0n) is 25.1. The number of benzene rings is 1. The van der Waals surface area contributed by atoms with Crippen molar-refractivity contribution in [2.24, 2.45) is 11.8 Å². The van der Waals surface area contributed by atoms with E-state index in [1.807, 2.05) is 44.2 Å². The molecule has 10 heteroatoms. The first kappa shape index (κ1) is 32.4. The second kappa shape index (κ2) is 14.7. The molecule has 41 heavy (non-hydrogen) atoms. The average molecular weight is 574 g/mol. The predicted octanol–water partition coefficient (Wildman–Crippen LogP) is 3.35. The van der Waals surface area contributed by atoms with Gasteiger partial charge in [0.05, 0.1) is 19.7 Å². The van der Waals surface area contributed by atoms with Gasteiger partial charge in [0.25, 0.3) is 0 Å². The van der Waals surface area contributed by atoms with Gasteiger partial charge < -0.3 is 25.2 Å². The molecule has 3 rings (SSSR count). The van der Waals surface area contributed by atoms with Crippen molar-refractivity contribution in [3.63, 3.8) is 0 Å². The van der Waals surface area contributed by atoms with E-state index in [4.69, 9.17) is 9.47 Å². The Bertz CT molecular complexity index is 1040. The number of nitrogens with zero attached hydrogens (tertiary/aromatic N) is 1. The SMILES string of the molecule is COC(=O)C(O)C(CC1CCCCC1)NC(=O)C(CC(C)C)NC(=O)C(Cc1ccccc1)N1CC(C)(C)OC1=O. The van der Waals surface area contributed by atoms with Crippen LogP contribution in [0.1, 0.15) is 78.2 Å². The number of aliphatic hydroxyl groups is 1. The van der Waals surface area contributed by atoms with Gasteiger partial charge in [0.1, 0.15) is 17.7 Å². The van der Waals surface area contributed by atoms with Crippen LogP contribution in [0.3, 0.4) is 0 Å². The first-order chi connectivity index (χ1) is 19.4. The predicted molar refractivity (Wildman–Crippen MR) is 154 cm³/mol. The van der Waals surface area contributed by atoms with Gasteiger partial charge in [-0.2, -0.15) is 0 Å². The summed E-state index contributed by atoms with van der Waals surface area (Å²) in [5.74, 6) is -1.45. The molecule has 228 valence electrons. The fraction of sp³-hybridized carbons (Fsp3) is 0.677. The molecule has 1 heterocycles. The lowest BCUT2D eigenvalue weighted by Crippen LogP contribution is -2.58. The van der Waals surface area contributed by atoms with Crippen molar-refractivity contribution in [2.75, 3.05) is 13.7 Å². The van der Waals surface area contributed by atoms with E-state index in [2.05, 4.69) is 10.6 Å². The summed E-state index contributed by atoms with van der Waals surface area (Å²) in [4.78, 5) is 53.9. The molecule has 0 bridgehead atoms. The number of aliphatic hydroxyl groups excluding tert-OH is 1. The molecule has 1 aliphatic heterocycles. The smallest absolute Gasteiger partial charge is 0.411 e. The molecule has 1 aliphatic carbocycles. The lowest BCUT2D eigenvalue weighted by Gasteiger charge is -2.32. The van der Waals surface area contributed by atoms with E-state index in [9.17, 15) is 24.3 Å². The normalized spacial score (nSPS) is 20.1. The molecule has 1 saturated heterocycles. The molecule has 4 atom stereocenters. The number of nitrogens with one attached hydrogen (secondary N) is 2. The quantitative estimate of drug-likeness (QED) is 0.308. The van der Waals surface area contributed by atoms with Crippen molar-refractivity contribution in [1.82, 2.24) is 15.5 Å². The van der Waals surface area contributed by atoms with E-state index >= 15 is 0 Å². The van der Waals surface area contributed by atoms with Gasteiger partial charge in [0, 0.05) is 6.42 Å². The summed E-state index contributed by atoms with van der Waals surface area (Å²) in [6.45, 7) is 7.69. The molecule has 2 aliphatic rings. The fourth-order valence-electron chi connectivity index (χ4n) is 5.81. The van der Waals surface area contributed by atoms with Crippen molar-refractivity contribution >= 4 is 23.9 Å². The van der Waals surface area contributed by atoms with Crippen LogP contribution in [-0.4, -0.2) is 77.4 Å². The molecule has 3 amide bonds. The molecule has 0 aromatic heterocycles. The van der Waals surface area contributed by atoms with E-state index in [1.54, 1.807) is 13.8 Å². The van der Waals surface area contributed by atoms with Gasteiger partial charge >= 0.3 is 12.1 Å². The van der Waals surface area contributed by atoms with Gasteiger partial charge in [-0.05, 0) is 44.1 Å². The van der Waals surface area contributed by atoms with Crippen LogP contribution < -0.4 is 10.6 Å². The van der Waals surface area contributed by atoms with Crippen LogP contribution in [0.25, 0.3) is 0 Å². The Kier molecular flexibility index (Phi) is 11.6. The first-order valence-corrected chi connectivity index (χ1v) is 14.8. The maximum Gasteiger partial charge on any atom is 0.411 e. The third-order valence-corrected chi connectivity index (χ3v) is 7.90. The number of hydrogen-bond acceptors (Lipinski definition) is 7. The Labute approximate surface area is 243 Å². The standard InChI is InChI=1S/C31H47N3O7/c1-20(2)16-24(27(36)32-23(26(35)29(38)40-5)17-21-12-8-6-9-13-21)33-28(37)25(18-22-14-10-7-11-15-22)34-19-31(3,4)41-30(34)39/h7,10-11,14-15,20-21,23-26,35H,6,8-9,12-13,16-19H2,1-5H3,(H,32,36)(H,33,37). The molecule has 10 nitrogen and oxygen atoms in total. The van der Waals surface area contributed by atoms with Gasteiger partial charge in [-0.25, -0.2) is 9.59 Å². The highest BCUT2D eigenvalue weighted by atomic mass is 16.6. The van der Waals surface area contributed by atoms with E-state index in [1.165, 1.54) is 12.0 Å². The Balaban J connectivity index is 1.81. The summed E-state index contributed by atoms with van der Waals surface area (Å²) in [6.07, 6.45) is 4.16. The number of rotatable bonds is 13. The molecule has 1 aromatic carbocycles. The summed E-state index contributed by atoms with van der Waals surface area (Å²) in [5, 5.41) is 16.5. The number of carbonyl (C=O) groups excluding carboxylic acids is 4. The number of ether oxygens (including phenoxy) is 2. The minimum atomic E-state index is -1.52. The molecule has 1 saturated carbocycles. The van der Waals surface area contributed by atoms with Crippen molar-refractivity contribution in [2.45, 2.75) is 109 Å². The first-order valence-electron chi connectivity index (χ1n) is 14.8. The summed E-state index contributed by atoms with van der Waals surface area (Å²) in [5.41, 5.74) is 0.112. The highest BCUT2D eigenvalue weighted by molar-refractivity contribution is 5.92. The minimum absolute atomic E-state index is 0.0524. The van der Waals surface area contributed by atoms with Crippen molar-refractivity contribution in [3.8, 4) is 0 Å². The van der Waals surface area contributed by atoms with Crippen LogP contribution in [0.4, 0.5) is 4.79 Å². The number of cyclic esters (lactones) is 1. The molecule has 0 radical (unpaired) electrons. The van der Waals surface area contributed by atoms with Gasteiger partial charge in [0.2, 0.25) is 11.8 Å². The number of hydrogen-bond donors (Lipinski definition) is 3. The molecule has 1 aromatic rings. The molecule has 0 spiro atoms. The van der Waals surface area contributed by atoms with Crippen molar-refractivity contribution in [1.29, 1.82) is 0 Å². The molecular formula is C31H47N3O7. The molecule has 3 N–H and O–H groups in total. The number of carbonyl (C=O) groups is 4. The Morgan fingerprint density at radius 3 is 2.29 bits per heavy atom. The summed E-state index contributed by atoms with van der Waals surface area (Å²) < 4.78 is 10.3. The molecular weight excluding hydrogens is 526 g/mol. The van der Waals surface area contributed by atoms with Crippen LogP contribution >= 0.6 is 0 Å². The zero-order valence-corrected chi connectivity index (χ0v) is 25.1. The van der Waals surface area contributed by atoms with Gasteiger partial charge in [0.15, 0.2) is 6.10 Å². The van der Waals surface area contributed by atoms with Gasteiger partial charge in [-0.3, -0.25) is 14.5 Å². The van der Waals surface area contributed by atoms with E-state index < -0.39 is 53.7 Å². The second-order valence-corrected chi connectivity index (χ2v) is 12.5. The van der Waals surface area contributed by atoms with Crippen molar-refractivity contribution in [3.05, 3.63) is 35.9 Å². The number of amides is 3. The van der Waals surface area contributed by atoms with Crippen LogP contribution in [0, 0.1) is 11.8 Å². The van der Waals surface area contributed by atoms with Crippen LogP contribution in [0.5, 0.6) is 0 Å². The fourth-order valence-corrected chi connectivity index (χ4v) is 5.81. The second-order valence-electron chi connectivity index (χ2n) is 12.5. The average Bonchev–Trinajstić information content (AvgIpc) is 3.22. The summed E-state index contributed by atoms with van der Waals surface area (Å²) in [6, 6.07) is 6.69. The van der Waals surface area contributed by atoms with Crippen LogP contribution in [0.2, 0.25) is 0 Å². The summed E-state index contributed by atoms with van der Waals surface area (Å²) in [7, 11) is 1.20. The maximum atomic E-state index is 13.8. The van der Waals surface area contributed by atoms with E-state index in [0.717, 1.165) is 37.7 Å². The van der Waals surface area contributed by atoms with E-state index in [0.29, 0.717) is 12.8 Å². The topological polar surface area (TPSA) is 134 Å². The van der Waals surface area contributed by atoms with Crippen LogP contribution in [0.15, 0.2) is 30.3 Å². The number of methoxy groups -OCH3 is 1. The Hall–Kier alpha value is -3.14. The third kappa shape index (κ3) is 9.45. The lowest BCUT2D eigenvalue weighted by molar-refractivity contribution is -0.153. The van der Waals surface area contributed by atoms with Crippen LogP contribution in [-0.2, 0) is 30.3 Å². The molecule has 2 fully saturated rings. The minimum Gasteiger partial charge on any atom is -0.467 e. The Morgan fingerprint density at radius 1 is 1.07 bits per heavy atom. The lowest BCUT2D eigenvalue weighted by atomic mass is 9.83. The van der Waals surface area contributed by atoms with E-state index in [-0.39, 0.29) is 24.8 Å². The monoisotopic (exact) mass is 573 g/mol. The van der Waals surface area contributed by atoms with Gasteiger partial charge in [-0.15, -0.1) is 0 Å². The van der Waals surface area contributed by atoms with Crippen molar-refractivity contribution < 1.29 is 33.8 Å². The maximum absolute atomic E-state index is 13.8. The Morgan fingerprint density at radius 2 is 1.73 bits per heavy atom.